The van der Waals surface area contributed by atoms with Crippen LogP contribution in [0.3, 0.4) is 0 Å². The third-order valence-electron chi connectivity index (χ3n) is 4.17. The monoisotopic (exact) mass is 329 g/mol. The van der Waals surface area contributed by atoms with Crippen LogP contribution in [0.5, 0.6) is 0 Å². The normalized spacial score (nSPS) is 18.3. The Morgan fingerprint density at radius 3 is 3.12 bits per heavy atom. The molecule has 0 radical (unpaired) electrons. The second kappa shape index (κ2) is 8.54. The highest BCUT2D eigenvalue weighted by Gasteiger charge is 2.22. The minimum atomic E-state index is 0.195. The number of aryl methyl sites for hydroxylation is 1. The number of nitrogens with zero attached hydrogens (tertiary/aromatic N) is 5. The van der Waals surface area contributed by atoms with E-state index >= 15 is 0 Å². The Balaban J connectivity index is 1.49. The molecule has 2 aromatic heterocycles. The molecule has 1 aliphatic heterocycles. The first-order chi connectivity index (χ1) is 11.8. The third-order valence-corrected chi connectivity index (χ3v) is 4.17. The average Bonchev–Trinajstić information content (AvgIpc) is 3.01. The zero-order valence-corrected chi connectivity index (χ0v) is 13.8. The van der Waals surface area contributed by atoms with Crippen LogP contribution in [0.2, 0.25) is 0 Å². The Kier molecular flexibility index (Phi) is 5.90. The summed E-state index contributed by atoms with van der Waals surface area (Å²) in [6.07, 6.45) is 9.13. The van der Waals surface area contributed by atoms with Gasteiger partial charge in [0.2, 0.25) is 5.91 Å². The summed E-state index contributed by atoms with van der Waals surface area (Å²) >= 11 is 0. The van der Waals surface area contributed by atoms with Crippen LogP contribution in [0.25, 0.3) is 0 Å². The van der Waals surface area contributed by atoms with Gasteiger partial charge in [0.1, 0.15) is 6.33 Å². The van der Waals surface area contributed by atoms with Crippen molar-refractivity contribution in [3.05, 3.63) is 42.7 Å². The molecule has 1 saturated heterocycles. The Morgan fingerprint density at radius 2 is 2.33 bits per heavy atom. The SMILES string of the molecule is O=C(CCCn1cccn1)N1CCOC[C@@H](Cc2ccncn2)C1. The molecule has 0 saturated carbocycles. The zero-order valence-electron chi connectivity index (χ0n) is 13.8. The van der Waals surface area contributed by atoms with E-state index in [9.17, 15) is 4.79 Å². The van der Waals surface area contributed by atoms with Gasteiger partial charge >= 0.3 is 0 Å². The number of hydrogen-bond acceptors (Lipinski definition) is 5. The summed E-state index contributed by atoms with van der Waals surface area (Å²) < 4.78 is 7.53. The van der Waals surface area contributed by atoms with Gasteiger partial charge in [0.05, 0.1) is 13.2 Å². The summed E-state index contributed by atoms with van der Waals surface area (Å²) in [5.41, 5.74) is 0.992. The van der Waals surface area contributed by atoms with Crippen LogP contribution in [0.1, 0.15) is 18.5 Å². The van der Waals surface area contributed by atoms with Gasteiger partial charge in [-0.15, -0.1) is 0 Å². The summed E-state index contributed by atoms with van der Waals surface area (Å²) in [6.45, 7) is 3.44. The lowest BCUT2D eigenvalue weighted by Crippen LogP contribution is -2.36. The molecule has 24 heavy (non-hydrogen) atoms. The number of amides is 1. The minimum Gasteiger partial charge on any atom is -0.379 e. The molecule has 1 aliphatic rings. The predicted octanol–water partition coefficient (Wildman–Crippen LogP) is 1.17. The maximum Gasteiger partial charge on any atom is 0.222 e. The van der Waals surface area contributed by atoms with E-state index in [0.717, 1.165) is 31.6 Å². The van der Waals surface area contributed by atoms with Crippen LogP contribution in [0.15, 0.2) is 37.1 Å². The van der Waals surface area contributed by atoms with Gasteiger partial charge in [-0.1, -0.05) is 0 Å². The van der Waals surface area contributed by atoms with Crippen LogP contribution in [-0.4, -0.2) is 56.9 Å². The van der Waals surface area contributed by atoms with Crippen molar-refractivity contribution in [1.29, 1.82) is 0 Å². The third kappa shape index (κ3) is 4.86. The molecule has 0 N–H and O–H groups in total. The Labute approximate surface area is 141 Å². The Bertz CT molecular complexity index is 617. The minimum absolute atomic E-state index is 0.195. The molecule has 0 unspecified atom stereocenters. The highest BCUT2D eigenvalue weighted by molar-refractivity contribution is 5.76. The van der Waals surface area contributed by atoms with E-state index in [2.05, 4.69) is 15.1 Å². The largest absolute Gasteiger partial charge is 0.379 e. The van der Waals surface area contributed by atoms with Crippen LogP contribution in [0, 0.1) is 5.92 Å². The highest BCUT2D eigenvalue weighted by Crippen LogP contribution is 2.13. The smallest absolute Gasteiger partial charge is 0.222 e. The van der Waals surface area contributed by atoms with E-state index in [-0.39, 0.29) is 11.8 Å². The first-order valence-electron chi connectivity index (χ1n) is 8.39. The fraction of sp³-hybridized carbons (Fsp3) is 0.529. The van der Waals surface area contributed by atoms with E-state index in [4.69, 9.17) is 4.74 Å². The summed E-state index contributed by atoms with van der Waals surface area (Å²) in [4.78, 5) is 22.6. The second-order valence-electron chi connectivity index (χ2n) is 6.06. The maximum atomic E-state index is 12.5. The van der Waals surface area contributed by atoms with Gasteiger partial charge < -0.3 is 9.64 Å². The number of aromatic nitrogens is 4. The van der Waals surface area contributed by atoms with Gasteiger partial charge in [-0.2, -0.15) is 5.10 Å². The standard InChI is InChI=1S/C17H23N5O2/c23-17(3-1-7-22-8-2-5-20-22)21-9-10-24-13-15(12-21)11-16-4-6-18-14-19-16/h2,4-6,8,14-15H,1,3,7,9-13H2/t15-/m0/s1. The van der Waals surface area contributed by atoms with Gasteiger partial charge in [0.25, 0.3) is 0 Å². The predicted molar refractivity (Wildman–Crippen MR) is 88.1 cm³/mol. The van der Waals surface area contributed by atoms with E-state index in [1.165, 1.54) is 0 Å². The molecule has 0 bridgehead atoms. The van der Waals surface area contributed by atoms with Crippen molar-refractivity contribution < 1.29 is 9.53 Å². The first kappa shape index (κ1) is 16.6. The number of carbonyl (C=O) groups is 1. The van der Waals surface area contributed by atoms with Gasteiger partial charge in [0, 0.05) is 56.3 Å². The molecule has 7 nitrogen and oxygen atoms in total. The quantitative estimate of drug-likeness (QED) is 0.795. The molecule has 3 heterocycles. The Morgan fingerprint density at radius 1 is 1.38 bits per heavy atom. The molecule has 7 heteroatoms. The maximum absolute atomic E-state index is 12.5. The number of rotatable bonds is 6. The molecule has 1 atom stereocenters. The van der Waals surface area contributed by atoms with Crippen LogP contribution >= 0.6 is 0 Å². The molecular weight excluding hydrogens is 306 g/mol. The topological polar surface area (TPSA) is 73.1 Å². The lowest BCUT2D eigenvalue weighted by atomic mass is 10.0. The van der Waals surface area contributed by atoms with Crippen molar-refractivity contribution in [3.63, 3.8) is 0 Å². The number of ether oxygens (including phenoxy) is 1. The summed E-state index contributed by atoms with van der Waals surface area (Å²) in [7, 11) is 0. The molecule has 0 aliphatic carbocycles. The lowest BCUT2D eigenvalue weighted by Gasteiger charge is -2.23. The van der Waals surface area contributed by atoms with E-state index in [0.29, 0.717) is 26.2 Å². The van der Waals surface area contributed by atoms with Gasteiger partial charge in [-0.3, -0.25) is 9.48 Å². The molecule has 2 aromatic rings. The summed E-state index contributed by atoms with van der Waals surface area (Å²) in [6, 6.07) is 3.81. The summed E-state index contributed by atoms with van der Waals surface area (Å²) in [5, 5.41) is 4.16. The van der Waals surface area contributed by atoms with Crippen LogP contribution < -0.4 is 0 Å². The van der Waals surface area contributed by atoms with Crippen LogP contribution in [0.4, 0.5) is 0 Å². The first-order valence-corrected chi connectivity index (χ1v) is 8.39. The molecule has 3 rings (SSSR count). The fourth-order valence-electron chi connectivity index (χ4n) is 2.95. The van der Waals surface area contributed by atoms with Crippen molar-refractivity contribution in [3.8, 4) is 0 Å². The van der Waals surface area contributed by atoms with Gasteiger partial charge in [0.15, 0.2) is 0 Å². The summed E-state index contributed by atoms with van der Waals surface area (Å²) in [5.74, 6) is 0.470. The molecule has 1 amide bonds. The van der Waals surface area contributed by atoms with Gasteiger partial charge in [-0.25, -0.2) is 9.97 Å². The highest BCUT2D eigenvalue weighted by atomic mass is 16.5. The van der Waals surface area contributed by atoms with E-state index in [1.54, 1.807) is 18.7 Å². The zero-order chi connectivity index (χ0) is 16.6. The van der Waals surface area contributed by atoms with Gasteiger partial charge in [-0.05, 0) is 25.0 Å². The molecule has 0 spiro atoms. The average molecular weight is 329 g/mol. The molecular formula is C17H23N5O2. The number of carbonyl (C=O) groups excluding carboxylic acids is 1. The number of hydrogen-bond donors (Lipinski definition) is 0. The van der Waals surface area contributed by atoms with Crippen molar-refractivity contribution in [2.24, 2.45) is 5.92 Å². The Hall–Kier alpha value is -2.28. The molecule has 128 valence electrons. The van der Waals surface area contributed by atoms with E-state index in [1.807, 2.05) is 27.9 Å². The van der Waals surface area contributed by atoms with Crippen LogP contribution in [-0.2, 0) is 22.5 Å². The molecule has 0 aromatic carbocycles. The fourth-order valence-corrected chi connectivity index (χ4v) is 2.95. The van der Waals surface area contributed by atoms with Crippen molar-refractivity contribution in [2.45, 2.75) is 25.8 Å². The second-order valence-corrected chi connectivity index (χ2v) is 6.06. The van der Waals surface area contributed by atoms with Crippen molar-refractivity contribution in [1.82, 2.24) is 24.6 Å². The van der Waals surface area contributed by atoms with Crippen molar-refractivity contribution in [2.75, 3.05) is 26.3 Å². The van der Waals surface area contributed by atoms with E-state index < -0.39 is 0 Å². The lowest BCUT2D eigenvalue weighted by molar-refractivity contribution is -0.131. The van der Waals surface area contributed by atoms with Crippen molar-refractivity contribution >= 4 is 5.91 Å². The molecule has 1 fully saturated rings.